The van der Waals surface area contributed by atoms with Gasteiger partial charge >= 0.3 is 6.18 Å². The molecule has 0 saturated carbocycles. The van der Waals surface area contributed by atoms with Crippen LogP contribution in [-0.2, 0) is 6.18 Å². The monoisotopic (exact) mass is 435 g/mol. The summed E-state index contributed by atoms with van der Waals surface area (Å²) >= 11 is 0. The van der Waals surface area contributed by atoms with Crippen LogP contribution >= 0.6 is 0 Å². The molecule has 1 N–H and O–H groups in total. The average Bonchev–Trinajstić information content (AvgIpc) is 2.71. The summed E-state index contributed by atoms with van der Waals surface area (Å²) in [7, 11) is 4.69. The third-order valence-corrected chi connectivity index (χ3v) is 4.15. The van der Waals surface area contributed by atoms with Crippen molar-refractivity contribution < 1.29 is 31.8 Å². The lowest BCUT2D eigenvalue weighted by molar-refractivity contribution is -0.137. The van der Waals surface area contributed by atoms with E-state index in [1.807, 2.05) is 0 Å². The zero-order chi connectivity index (χ0) is 22.8. The molecule has 1 radical (unpaired) electrons. The van der Waals surface area contributed by atoms with Crippen molar-refractivity contribution in [2.45, 2.75) is 6.18 Å². The number of hydrogen-bond donors (Lipinski definition) is 1. The van der Waals surface area contributed by atoms with E-state index in [4.69, 9.17) is 9.47 Å². The third kappa shape index (κ3) is 5.03. The van der Waals surface area contributed by atoms with E-state index in [0.717, 1.165) is 34.9 Å². The second kappa shape index (κ2) is 8.50. The molecule has 0 bridgehead atoms. The summed E-state index contributed by atoms with van der Waals surface area (Å²) in [6.45, 7) is 0. The fourth-order valence-corrected chi connectivity index (χ4v) is 2.60. The van der Waals surface area contributed by atoms with Crippen LogP contribution in [0.4, 0.5) is 23.2 Å². The number of alkyl halides is 3. The second-order valence-corrected chi connectivity index (χ2v) is 6.28. The first kappa shape index (κ1) is 21.9. The van der Waals surface area contributed by atoms with E-state index in [2.05, 4.69) is 12.4 Å². The van der Waals surface area contributed by atoms with E-state index in [9.17, 15) is 27.2 Å². The first-order valence-corrected chi connectivity index (χ1v) is 8.66. The zero-order valence-electron chi connectivity index (χ0n) is 16.0. The number of pyridine rings is 1. The first-order chi connectivity index (χ1) is 14.6. The smallest absolute Gasteiger partial charge is 0.416 e. The highest BCUT2D eigenvalue weighted by Gasteiger charge is 2.32. The third-order valence-electron chi connectivity index (χ3n) is 4.15. The molecule has 6 nitrogen and oxygen atoms in total. The van der Waals surface area contributed by atoms with Crippen LogP contribution in [0, 0.1) is 12.9 Å². The van der Waals surface area contributed by atoms with Crippen molar-refractivity contribution >= 4 is 11.6 Å². The van der Waals surface area contributed by atoms with Gasteiger partial charge in [-0.2, -0.15) is 13.2 Å². The maximum absolute atomic E-state index is 13.4. The molecule has 0 fully saturated rings. The molecule has 0 spiro atoms. The van der Waals surface area contributed by atoms with Gasteiger partial charge in [0.15, 0.2) is 11.5 Å². The van der Waals surface area contributed by atoms with Crippen molar-refractivity contribution in [2.75, 3.05) is 12.4 Å². The van der Waals surface area contributed by atoms with E-state index in [1.165, 1.54) is 25.4 Å². The molecule has 3 aromatic rings. The predicted molar refractivity (Wildman–Crippen MR) is 104 cm³/mol. The lowest BCUT2D eigenvalue weighted by atomic mass is 10.1. The molecule has 0 atom stereocenters. The fourth-order valence-electron chi connectivity index (χ4n) is 2.60. The Bertz CT molecular complexity index is 1190. The molecule has 10 heteroatoms. The molecule has 161 valence electrons. The number of methoxy groups -OCH3 is 1. The molecule has 31 heavy (non-hydrogen) atoms. The van der Waals surface area contributed by atoms with Gasteiger partial charge in [-0.1, -0.05) is 0 Å². The minimum Gasteiger partial charge on any atom is -0.493 e. The summed E-state index contributed by atoms with van der Waals surface area (Å²) in [6, 6.07) is 8.03. The molecular formula is C21H15F4N2O4. The Hall–Kier alpha value is -3.82. The van der Waals surface area contributed by atoms with E-state index < -0.39 is 34.6 Å². The summed E-state index contributed by atoms with van der Waals surface area (Å²) in [4.78, 5) is 24.4. The fraction of sp³-hybridized carbons (Fsp3) is 0.0952. The Morgan fingerprint density at radius 1 is 1.03 bits per heavy atom. The van der Waals surface area contributed by atoms with E-state index in [0.29, 0.717) is 6.07 Å². The van der Waals surface area contributed by atoms with Gasteiger partial charge in [-0.05, 0) is 36.4 Å². The predicted octanol–water partition coefficient (Wildman–Crippen LogP) is 4.70. The zero-order valence-corrected chi connectivity index (χ0v) is 16.0. The minimum absolute atomic E-state index is 0.0163. The number of ether oxygens (including phenoxy) is 2. The molecule has 0 unspecified atom stereocenters. The second-order valence-electron chi connectivity index (χ2n) is 6.28. The van der Waals surface area contributed by atoms with Crippen molar-refractivity contribution in [2.24, 2.45) is 0 Å². The largest absolute Gasteiger partial charge is 0.493 e. The van der Waals surface area contributed by atoms with Crippen LogP contribution in [0.2, 0.25) is 0 Å². The highest BCUT2D eigenvalue weighted by atomic mass is 19.4. The lowest BCUT2D eigenvalue weighted by Crippen LogP contribution is -2.18. The van der Waals surface area contributed by atoms with Crippen LogP contribution < -0.4 is 20.3 Å². The van der Waals surface area contributed by atoms with Crippen molar-refractivity contribution in [1.82, 2.24) is 4.57 Å². The van der Waals surface area contributed by atoms with Gasteiger partial charge in [-0.25, -0.2) is 4.39 Å². The van der Waals surface area contributed by atoms with Gasteiger partial charge < -0.3 is 19.4 Å². The molecule has 0 saturated heterocycles. The van der Waals surface area contributed by atoms with Gasteiger partial charge in [0, 0.05) is 31.1 Å². The standard InChI is InChI=1S/C21H15F4N2O4/c1-27-8-7-14(11-19(27)28)26-20(29)15-9-12(21(23,24)25)3-5-16(15)31-17-6-4-13(22)10-18(17)30-2/h3-11H,1H2,2H3,(H,26,29). The Morgan fingerprint density at radius 3 is 2.39 bits per heavy atom. The van der Waals surface area contributed by atoms with Crippen molar-refractivity contribution in [3.8, 4) is 17.2 Å². The molecule has 1 heterocycles. The van der Waals surface area contributed by atoms with Crippen LogP contribution in [0.5, 0.6) is 17.2 Å². The van der Waals surface area contributed by atoms with E-state index >= 15 is 0 Å². The van der Waals surface area contributed by atoms with Crippen LogP contribution in [0.1, 0.15) is 15.9 Å². The molecule has 2 aromatic carbocycles. The maximum Gasteiger partial charge on any atom is 0.416 e. The van der Waals surface area contributed by atoms with Crippen LogP contribution in [0.15, 0.2) is 59.5 Å². The van der Waals surface area contributed by atoms with E-state index in [-0.39, 0.29) is 22.9 Å². The number of hydrogen-bond acceptors (Lipinski definition) is 4. The van der Waals surface area contributed by atoms with Gasteiger partial charge in [0.2, 0.25) is 0 Å². The highest BCUT2D eigenvalue weighted by Crippen LogP contribution is 2.37. The molecule has 0 aliphatic rings. The number of nitrogens with zero attached hydrogens (tertiary/aromatic N) is 1. The van der Waals surface area contributed by atoms with Gasteiger partial charge in [0.25, 0.3) is 11.5 Å². The van der Waals surface area contributed by atoms with Crippen LogP contribution in [0.3, 0.4) is 0 Å². The van der Waals surface area contributed by atoms with Gasteiger partial charge in [0.05, 0.1) is 18.2 Å². The summed E-state index contributed by atoms with van der Waals surface area (Å²) < 4.78 is 64.6. The van der Waals surface area contributed by atoms with Gasteiger partial charge in [-0.3, -0.25) is 9.59 Å². The summed E-state index contributed by atoms with van der Waals surface area (Å²) in [6.07, 6.45) is -3.43. The summed E-state index contributed by atoms with van der Waals surface area (Å²) in [5, 5.41) is 2.35. The maximum atomic E-state index is 13.4. The quantitative estimate of drug-likeness (QED) is 0.590. The SMILES string of the molecule is [CH2]n1ccc(NC(=O)c2cc(C(F)(F)F)ccc2Oc2ccc(F)cc2OC)cc1=O. The topological polar surface area (TPSA) is 69.6 Å². The van der Waals surface area contributed by atoms with Crippen molar-refractivity contribution in [1.29, 1.82) is 0 Å². The Balaban J connectivity index is 2.02. The van der Waals surface area contributed by atoms with Gasteiger partial charge in [0.1, 0.15) is 11.6 Å². The molecule has 1 amide bonds. The highest BCUT2D eigenvalue weighted by molar-refractivity contribution is 6.06. The summed E-state index contributed by atoms with van der Waals surface area (Å²) in [5.41, 5.74) is -2.02. The molecule has 0 aliphatic carbocycles. The van der Waals surface area contributed by atoms with Crippen molar-refractivity contribution in [3.05, 3.63) is 89.1 Å². The van der Waals surface area contributed by atoms with Crippen LogP contribution in [0.25, 0.3) is 0 Å². The number of benzene rings is 2. The molecule has 0 aliphatic heterocycles. The molecule has 1 aromatic heterocycles. The number of halogens is 4. The summed E-state index contributed by atoms with van der Waals surface area (Å²) in [5.74, 6) is -1.85. The van der Waals surface area contributed by atoms with Crippen molar-refractivity contribution in [3.63, 3.8) is 0 Å². The Morgan fingerprint density at radius 2 is 1.74 bits per heavy atom. The molecule has 3 rings (SSSR count). The van der Waals surface area contributed by atoms with Crippen LogP contribution in [-0.4, -0.2) is 17.6 Å². The number of amides is 1. The number of anilines is 1. The Kier molecular flexibility index (Phi) is 6.00. The number of carbonyl (C=O) groups excluding carboxylic acids is 1. The first-order valence-electron chi connectivity index (χ1n) is 8.66. The lowest BCUT2D eigenvalue weighted by Gasteiger charge is -2.16. The number of aromatic nitrogens is 1. The van der Waals surface area contributed by atoms with E-state index in [1.54, 1.807) is 0 Å². The Labute approximate surface area is 173 Å². The normalized spacial score (nSPS) is 11.2. The average molecular weight is 435 g/mol. The number of carbonyl (C=O) groups is 1. The number of rotatable bonds is 5. The van der Waals surface area contributed by atoms with Gasteiger partial charge in [-0.15, -0.1) is 0 Å². The minimum atomic E-state index is -4.71. The molecular weight excluding hydrogens is 420 g/mol. The number of nitrogens with one attached hydrogen (secondary N) is 1.